The summed E-state index contributed by atoms with van der Waals surface area (Å²) >= 11 is 7.11. The number of amides is 1. The summed E-state index contributed by atoms with van der Waals surface area (Å²) in [5, 5.41) is 7.95. The number of benzene rings is 4. The van der Waals surface area contributed by atoms with Crippen LogP contribution in [0.2, 0.25) is 0 Å². The van der Waals surface area contributed by atoms with Crippen LogP contribution < -0.4 is 20.3 Å². The molecule has 0 aliphatic heterocycles. The van der Waals surface area contributed by atoms with Gasteiger partial charge in [-0.05, 0) is 124 Å². The molecule has 1 amide bonds. The van der Waals surface area contributed by atoms with Crippen LogP contribution in [0.4, 0.5) is 5.69 Å². The van der Waals surface area contributed by atoms with E-state index in [1.807, 2.05) is 75.4 Å². The number of fused-ring (bicyclic) bond motifs is 1. The third kappa shape index (κ3) is 7.40. The Labute approximate surface area is 284 Å². The van der Waals surface area contributed by atoms with Gasteiger partial charge in [0.2, 0.25) is 0 Å². The van der Waals surface area contributed by atoms with E-state index in [0.717, 1.165) is 28.0 Å². The average Bonchev–Trinajstić information content (AvgIpc) is 3.01. The lowest BCUT2D eigenvalue weighted by Crippen LogP contribution is -2.21. The first-order valence-electron chi connectivity index (χ1n) is 14.9. The lowest BCUT2D eigenvalue weighted by atomic mass is 9.96. The molecular weight excluding hydrogens is 712 g/mol. The minimum atomic E-state index is -0.283. The van der Waals surface area contributed by atoms with E-state index in [-0.39, 0.29) is 24.0 Å². The quantitative estimate of drug-likeness (QED) is 0.145. The van der Waals surface area contributed by atoms with E-state index in [1.54, 1.807) is 24.4 Å². The van der Waals surface area contributed by atoms with Crippen LogP contribution in [0.3, 0.4) is 0 Å². The molecule has 1 aromatic heterocycles. The van der Waals surface area contributed by atoms with Crippen molar-refractivity contribution in [1.29, 1.82) is 0 Å². The predicted octanol–water partition coefficient (Wildman–Crippen LogP) is 8.63. The number of carbonyl (C=O) groups is 1. The molecule has 5 rings (SSSR count). The Morgan fingerprint density at radius 1 is 1.00 bits per heavy atom. The lowest BCUT2D eigenvalue weighted by Gasteiger charge is -2.18. The van der Waals surface area contributed by atoms with Crippen molar-refractivity contribution >= 4 is 60.6 Å². The van der Waals surface area contributed by atoms with Gasteiger partial charge in [0.05, 0.1) is 32.7 Å². The highest BCUT2D eigenvalue weighted by Gasteiger charge is 2.19. The largest absolute Gasteiger partial charge is 0.494 e. The van der Waals surface area contributed by atoms with Crippen LogP contribution in [0.15, 0.2) is 91.6 Å². The molecule has 0 saturated carbocycles. The highest BCUT2D eigenvalue weighted by molar-refractivity contribution is 9.11. The minimum absolute atomic E-state index is 0.181. The highest BCUT2D eigenvalue weighted by atomic mass is 79.9. The van der Waals surface area contributed by atoms with Gasteiger partial charge in [-0.25, -0.2) is 4.98 Å². The van der Waals surface area contributed by atoms with E-state index in [2.05, 4.69) is 56.1 Å². The van der Waals surface area contributed by atoms with Gasteiger partial charge in [0.1, 0.15) is 11.5 Å². The Morgan fingerprint density at radius 3 is 2.37 bits per heavy atom. The first-order valence-corrected chi connectivity index (χ1v) is 16.5. The zero-order valence-electron chi connectivity index (χ0n) is 26.2. The summed E-state index contributed by atoms with van der Waals surface area (Å²) < 4.78 is 14.3. The Morgan fingerprint density at radius 2 is 1.70 bits per heavy atom. The van der Waals surface area contributed by atoms with Crippen LogP contribution in [0.25, 0.3) is 22.3 Å². The summed E-state index contributed by atoms with van der Waals surface area (Å²) in [6, 6.07) is 22.4. The fourth-order valence-corrected chi connectivity index (χ4v) is 6.41. The molecule has 8 nitrogen and oxygen atoms in total. The molecule has 0 spiro atoms. The van der Waals surface area contributed by atoms with Gasteiger partial charge in [0, 0.05) is 11.3 Å². The summed E-state index contributed by atoms with van der Waals surface area (Å²) in [6.45, 7) is 10.5. The number of nitrogens with zero attached hydrogens (tertiary/aromatic N) is 3. The maximum Gasteiger partial charge on any atom is 0.282 e. The average molecular weight is 746 g/mol. The zero-order chi connectivity index (χ0) is 33.0. The summed E-state index contributed by atoms with van der Waals surface area (Å²) in [4.78, 5) is 31.2. The Bertz CT molecular complexity index is 1980. The van der Waals surface area contributed by atoms with Crippen molar-refractivity contribution < 1.29 is 14.3 Å². The first-order chi connectivity index (χ1) is 22.0. The number of aromatic nitrogens is 2. The number of hydrogen-bond acceptors (Lipinski definition) is 6. The van der Waals surface area contributed by atoms with Crippen LogP contribution in [0, 0.1) is 13.8 Å². The summed E-state index contributed by atoms with van der Waals surface area (Å²) in [6.07, 6.45) is 1.60. The second-order valence-corrected chi connectivity index (χ2v) is 12.8. The third-order valence-electron chi connectivity index (χ3n) is 7.30. The van der Waals surface area contributed by atoms with Gasteiger partial charge in [0.15, 0.2) is 12.4 Å². The van der Waals surface area contributed by atoms with Gasteiger partial charge in [-0.3, -0.25) is 9.59 Å². The molecule has 236 valence electrons. The van der Waals surface area contributed by atoms with Crippen molar-refractivity contribution in [2.24, 2.45) is 5.10 Å². The van der Waals surface area contributed by atoms with E-state index < -0.39 is 0 Å². The van der Waals surface area contributed by atoms with Gasteiger partial charge < -0.3 is 14.8 Å². The normalized spacial score (nSPS) is 11.4. The summed E-state index contributed by atoms with van der Waals surface area (Å²) in [5.41, 5.74) is 5.53. The molecule has 0 aliphatic carbocycles. The number of aryl methyl sites for hydroxylation is 2. The molecule has 1 heterocycles. The molecule has 0 aliphatic rings. The maximum atomic E-state index is 13.8. The SMILES string of the molecule is CCOc1cc(C)c(-c2nc3ccccc3c(=O)n2N=Cc2cc(Br)c(OCC(=O)Nc3ccc(C)cc3)c(Br)c2)cc1C(C)C. The van der Waals surface area contributed by atoms with Crippen LogP contribution in [0.1, 0.15) is 48.9 Å². The number of anilines is 1. The standard InChI is InChI=1S/C36H34Br2N4O4/c1-6-45-32-15-23(5)28(18-27(32)21(2)3)35-41-31-10-8-7-9-26(31)36(44)42(35)39-19-24-16-29(37)34(30(38)17-24)46-20-33(43)40-25-13-11-22(4)12-14-25/h7-19,21H,6,20H2,1-5H3,(H,40,43). The van der Waals surface area contributed by atoms with Crippen molar-refractivity contribution in [3.63, 3.8) is 0 Å². The smallest absolute Gasteiger partial charge is 0.282 e. The molecule has 0 atom stereocenters. The second-order valence-electron chi connectivity index (χ2n) is 11.1. The Hall–Kier alpha value is -4.28. The van der Waals surface area contributed by atoms with Crippen LogP contribution in [-0.4, -0.2) is 35.0 Å². The fraction of sp³-hybridized carbons (Fsp3) is 0.222. The molecule has 0 saturated heterocycles. The number of ether oxygens (including phenoxy) is 2. The molecule has 4 aromatic carbocycles. The number of nitrogens with one attached hydrogen (secondary N) is 1. The molecule has 46 heavy (non-hydrogen) atoms. The second kappa shape index (κ2) is 14.4. The van der Waals surface area contributed by atoms with E-state index in [0.29, 0.717) is 49.3 Å². The van der Waals surface area contributed by atoms with Crippen molar-refractivity contribution in [2.75, 3.05) is 18.5 Å². The minimum Gasteiger partial charge on any atom is -0.494 e. The first kappa shape index (κ1) is 33.1. The number of hydrogen-bond donors (Lipinski definition) is 1. The number of para-hydroxylation sites is 1. The van der Waals surface area contributed by atoms with E-state index in [9.17, 15) is 9.59 Å². The molecule has 5 aromatic rings. The topological polar surface area (TPSA) is 94.8 Å². The molecule has 10 heteroatoms. The summed E-state index contributed by atoms with van der Waals surface area (Å²) in [5.74, 6) is 1.62. The number of carbonyl (C=O) groups excluding carboxylic acids is 1. The van der Waals surface area contributed by atoms with Gasteiger partial charge in [-0.1, -0.05) is 43.7 Å². The molecular formula is C36H34Br2N4O4. The Kier molecular flexibility index (Phi) is 10.4. The van der Waals surface area contributed by atoms with Gasteiger partial charge >= 0.3 is 0 Å². The molecule has 0 bridgehead atoms. The van der Waals surface area contributed by atoms with Crippen molar-refractivity contribution in [1.82, 2.24) is 9.66 Å². The van der Waals surface area contributed by atoms with Gasteiger partial charge in [0.25, 0.3) is 11.5 Å². The number of halogens is 2. The van der Waals surface area contributed by atoms with Gasteiger partial charge in [-0.15, -0.1) is 0 Å². The van der Waals surface area contributed by atoms with E-state index >= 15 is 0 Å². The Balaban J connectivity index is 1.48. The molecule has 1 N–H and O–H groups in total. The number of rotatable bonds is 10. The van der Waals surface area contributed by atoms with Crippen molar-refractivity contribution in [3.05, 3.63) is 114 Å². The molecule has 0 fully saturated rings. The molecule has 0 radical (unpaired) electrons. The third-order valence-corrected chi connectivity index (χ3v) is 8.48. The fourth-order valence-electron chi connectivity index (χ4n) is 4.96. The van der Waals surface area contributed by atoms with Crippen LogP contribution >= 0.6 is 31.9 Å². The highest BCUT2D eigenvalue weighted by Crippen LogP contribution is 2.36. The maximum absolute atomic E-state index is 13.8. The lowest BCUT2D eigenvalue weighted by molar-refractivity contribution is -0.118. The molecule has 0 unspecified atom stereocenters. The van der Waals surface area contributed by atoms with Crippen LogP contribution in [-0.2, 0) is 4.79 Å². The van der Waals surface area contributed by atoms with Gasteiger partial charge in [-0.2, -0.15) is 9.78 Å². The monoisotopic (exact) mass is 744 g/mol. The van der Waals surface area contributed by atoms with E-state index in [1.165, 1.54) is 4.68 Å². The zero-order valence-corrected chi connectivity index (χ0v) is 29.4. The summed E-state index contributed by atoms with van der Waals surface area (Å²) in [7, 11) is 0. The van der Waals surface area contributed by atoms with Crippen LogP contribution in [0.5, 0.6) is 11.5 Å². The van der Waals surface area contributed by atoms with Crippen molar-refractivity contribution in [2.45, 2.75) is 40.5 Å². The van der Waals surface area contributed by atoms with Crippen molar-refractivity contribution in [3.8, 4) is 22.9 Å². The predicted molar refractivity (Wildman–Crippen MR) is 192 cm³/mol. The van der Waals surface area contributed by atoms with E-state index in [4.69, 9.17) is 14.5 Å².